The molecule has 0 bridgehead atoms. The van der Waals surface area contributed by atoms with E-state index in [1.54, 1.807) is 25.7 Å². The van der Waals surface area contributed by atoms with Gasteiger partial charge in [0.1, 0.15) is 18.0 Å². The number of rotatable bonds is 5. The van der Waals surface area contributed by atoms with E-state index in [4.69, 9.17) is 9.47 Å². The molecule has 0 aliphatic carbocycles. The second-order valence-corrected chi connectivity index (χ2v) is 7.62. The quantitative estimate of drug-likeness (QED) is 0.854. The molecular weight excluding hydrogens is 348 g/mol. The van der Waals surface area contributed by atoms with Crippen LogP contribution >= 0.6 is 0 Å². The van der Waals surface area contributed by atoms with Gasteiger partial charge in [-0.25, -0.2) is 4.79 Å². The van der Waals surface area contributed by atoms with Crippen molar-refractivity contribution in [2.75, 3.05) is 13.2 Å². The van der Waals surface area contributed by atoms with Gasteiger partial charge in [-0.2, -0.15) is 0 Å². The molecule has 0 radical (unpaired) electrons. The smallest absolute Gasteiger partial charge is 0.408 e. The van der Waals surface area contributed by atoms with Crippen molar-refractivity contribution in [3.05, 3.63) is 29.8 Å². The summed E-state index contributed by atoms with van der Waals surface area (Å²) in [6, 6.07) is 6.88. The number of para-hydroxylation sites is 1. The van der Waals surface area contributed by atoms with E-state index in [9.17, 15) is 14.4 Å². The van der Waals surface area contributed by atoms with Gasteiger partial charge in [0.15, 0.2) is 5.78 Å². The fraction of sp³-hybridized carbons (Fsp3) is 0.550. The van der Waals surface area contributed by atoms with Crippen LogP contribution < -0.4 is 10.1 Å². The van der Waals surface area contributed by atoms with Gasteiger partial charge in [-0.1, -0.05) is 18.2 Å². The molecule has 1 aliphatic heterocycles. The summed E-state index contributed by atoms with van der Waals surface area (Å²) in [6.45, 7) is 8.02. The number of Topliss-reactive ketones (excluding diaryl/α,β-unsaturated/α-hetero) is 1. The summed E-state index contributed by atoms with van der Waals surface area (Å²) in [5.41, 5.74) is 0.305. The molecule has 27 heavy (non-hydrogen) atoms. The van der Waals surface area contributed by atoms with E-state index in [1.165, 1.54) is 6.92 Å². The van der Waals surface area contributed by atoms with Crippen LogP contribution in [0.25, 0.3) is 0 Å². The van der Waals surface area contributed by atoms with Gasteiger partial charge in [0.05, 0.1) is 12.6 Å². The van der Waals surface area contributed by atoms with E-state index < -0.39 is 17.7 Å². The van der Waals surface area contributed by atoms with Crippen LogP contribution in [0, 0.1) is 0 Å². The summed E-state index contributed by atoms with van der Waals surface area (Å²) in [4.78, 5) is 38.1. The molecule has 0 saturated heterocycles. The summed E-state index contributed by atoms with van der Waals surface area (Å²) in [7, 11) is 0. The number of alkyl carbamates (subject to hydrolysis) is 1. The molecule has 0 fully saturated rings. The zero-order chi connectivity index (χ0) is 20.0. The Kier molecular flexibility index (Phi) is 6.82. The predicted molar refractivity (Wildman–Crippen MR) is 100 cm³/mol. The zero-order valence-electron chi connectivity index (χ0n) is 16.4. The Bertz CT molecular complexity index is 696. The number of nitrogens with one attached hydrogen (secondary N) is 1. The first-order valence-corrected chi connectivity index (χ1v) is 9.14. The van der Waals surface area contributed by atoms with E-state index in [-0.39, 0.29) is 24.5 Å². The van der Waals surface area contributed by atoms with Crippen molar-refractivity contribution in [3.8, 4) is 5.75 Å². The summed E-state index contributed by atoms with van der Waals surface area (Å²) in [5, 5.41) is 2.55. The first-order chi connectivity index (χ1) is 12.7. The number of benzene rings is 1. The summed E-state index contributed by atoms with van der Waals surface area (Å²) >= 11 is 0. The molecule has 1 atom stereocenters. The van der Waals surface area contributed by atoms with Crippen molar-refractivity contribution in [1.29, 1.82) is 0 Å². The van der Waals surface area contributed by atoms with Gasteiger partial charge in [0.25, 0.3) is 0 Å². The highest BCUT2D eigenvalue weighted by molar-refractivity contribution is 5.86. The molecular formula is C20H28N2O5. The molecule has 7 nitrogen and oxygen atoms in total. The zero-order valence-corrected chi connectivity index (χ0v) is 16.4. The van der Waals surface area contributed by atoms with Gasteiger partial charge >= 0.3 is 6.09 Å². The Balaban J connectivity index is 1.92. The molecule has 0 unspecified atom stereocenters. The number of hydrogen-bond donors (Lipinski definition) is 1. The van der Waals surface area contributed by atoms with Crippen molar-refractivity contribution in [1.82, 2.24) is 10.2 Å². The molecule has 0 saturated carbocycles. The predicted octanol–water partition coefficient (Wildman–Crippen LogP) is 2.67. The van der Waals surface area contributed by atoms with Crippen LogP contribution in [0.1, 0.15) is 46.1 Å². The lowest BCUT2D eigenvalue weighted by Gasteiger charge is -2.24. The monoisotopic (exact) mass is 376 g/mol. The highest BCUT2D eigenvalue weighted by atomic mass is 16.6. The Labute approximate surface area is 160 Å². The van der Waals surface area contributed by atoms with E-state index in [2.05, 4.69) is 5.32 Å². The number of ether oxygens (including phenoxy) is 2. The van der Waals surface area contributed by atoms with E-state index >= 15 is 0 Å². The SMILES string of the molecule is CC(=O)[C@H](CCC(=O)N1CCOc2ccccc2C1)NC(=O)OC(C)(C)C. The summed E-state index contributed by atoms with van der Waals surface area (Å²) in [5.74, 6) is 0.506. The largest absolute Gasteiger partial charge is 0.491 e. The van der Waals surface area contributed by atoms with E-state index in [1.807, 2.05) is 24.3 Å². The maximum atomic E-state index is 12.6. The minimum absolute atomic E-state index is 0.0764. The number of carbonyl (C=O) groups is 3. The first-order valence-electron chi connectivity index (χ1n) is 9.14. The van der Waals surface area contributed by atoms with Gasteiger partial charge in [-0.3, -0.25) is 9.59 Å². The van der Waals surface area contributed by atoms with Crippen molar-refractivity contribution >= 4 is 17.8 Å². The minimum atomic E-state index is -0.751. The van der Waals surface area contributed by atoms with Crippen LogP contribution in [0.2, 0.25) is 0 Å². The number of fused-ring (bicyclic) bond motifs is 1. The normalized spacial score (nSPS) is 15.0. The molecule has 7 heteroatoms. The second-order valence-electron chi connectivity index (χ2n) is 7.62. The van der Waals surface area contributed by atoms with Gasteiger partial charge in [-0.15, -0.1) is 0 Å². The fourth-order valence-electron chi connectivity index (χ4n) is 2.79. The van der Waals surface area contributed by atoms with E-state index in [0.717, 1.165) is 11.3 Å². The first kappa shape index (κ1) is 20.7. The molecule has 1 N–H and O–H groups in total. The van der Waals surface area contributed by atoms with Crippen molar-refractivity contribution < 1.29 is 23.9 Å². The molecule has 0 spiro atoms. The lowest BCUT2D eigenvalue weighted by atomic mass is 10.1. The average molecular weight is 376 g/mol. The van der Waals surface area contributed by atoms with E-state index in [0.29, 0.717) is 19.7 Å². The fourth-order valence-corrected chi connectivity index (χ4v) is 2.79. The molecule has 1 aromatic carbocycles. The molecule has 148 valence electrons. The lowest BCUT2D eigenvalue weighted by Crippen LogP contribution is -2.43. The number of carbonyl (C=O) groups excluding carboxylic acids is 3. The molecule has 1 heterocycles. The maximum absolute atomic E-state index is 12.6. The number of amides is 2. The van der Waals surface area contributed by atoms with Crippen molar-refractivity contribution in [2.24, 2.45) is 0 Å². The second kappa shape index (κ2) is 8.88. The molecule has 1 aromatic rings. The summed E-state index contributed by atoms with van der Waals surface area (Å²) < 4.78 is 10.9. The third kappa shape index (κ3) is 6.58. The van der Waals surface area contributed by atoms with Crippen LogP contribution in [-0.2, 0) is 20.9 Å². The van der Waals surface area contributed by atoms with Gasteiger partial charge in [0.2, 0.25) is 5.91 Å². The highest BCUT2D eigenvalue weighted by Gasteiger charge is 2.25. The number of hydrogen-bond acceptors (Lipinski definition) is 5. The van der Waals surface area contributed by atoms with Crippen LogP contribution in [0.15, 0.2) is 24.3 Å². The Hall–Kier alpha value is -2.57. The third-order valence-corrected chi connectivity index (χ3v) is 4.13. The molecule has 1 aliphatic rings. The Morgan fingerprint density at radius 1 is 1.26 bits per heavy atom. The van der Waals surface area contributed by atoms with Crippen LogP contribution in [-0.4, -0.2) is 47.5 Å². The van der Waals surface area contributed by atoms with Crippen LogP contribution in [0.4, 0.5) is 4.79 Å². The minimum Gasteiger partial charge on any atom is -0.491 e. The highest BCUT2D eigenvalue weighted by Crippen LogP contribution is 2.23. The Morgan fingerprint density at radius 3 is 2.63 bits per heavy atom. The van der Waals surface area contributed by atoms with Crippen molar-refractivity contribution in [3.63, 3.8) is 0 Å². The van der Waals surface area contributed by atoms with Crippen LogP contribution in [0.3, 0.4) is 0 Å². The topological polar surface area (TPSA) is 84.9 Å². The van der Waals surface area contributed by atoms with Crippen molar-refractivity contribution in [2.45, 2.75) is 58.7 Å². The van der Waals surface area contributed by atoms with Crippen LogP contribution in [0.5, 0.6) is 5.75 Å². The summed E-state index contributed by atoms with van der Waals surface area (Å²) in [6.07, 6.45) is -0.276. The standard InChI is InChI=1S/C20H28N2O5/c1-14(23)16(21-19(25)27-20(2,3)4)9-10-18(24)22-11-12-26-17-8-6-5-7-15(17)13-22/h5-8,16H,9-13H2,1-4H3,(H,21,25)/t16-/m0/s1. The molecule has 0 aromatic heterocycles. The maximum Gasteiger partial charge on any atom is 0.408 e. The molecule has 2 rings (SSSR count). The number of nitrogens with zero attached hydrogens (tertiary/aromatic N) is 1. The molecule has 2 amide bonds. The van der Waals surface area contributed by atoms with Gasteiger partial charge in [-0.05, 0) is 40.2 Å². The average Bonchev–Trinajstić information content (AvgIpc) is 2.78. The third-order valence-electron chi connectivity index (χ3n) is 4.13. The van der Waals surface area contributed by atoms with Gasteiger partial charge < -0.3 is 19.7 Å². The lowest BCUT2D eigenvalue weighted by molar-refractivity contribution is -0.132. The van der Waals surface area contributed by atoms with Gasteiger partial charge in [0, 0.05) is 18.5 Å². The Morgan fingerprint density at radius 2 is 1.96 bits per heavy atom. The number of ketones is 1.